The Morgan fingerprint density at radius 3 is 1.21 bits per heavy atom. The zero-order chi connectivity index (χ0) is 68.4. The summed E-state index contributed by atoms with van der Waals surface area (Å²) in [5, 5.41) is 3.64. The number of halogens is 11. The molecule has 6 saturated heterocycles. The molecule has 6 aromatic rings. The van der Waals surface area contributed by atoms with Gasteiger partial charge in [-0.05, 0) is 131 Å². The lowest BCUT2D eigenvalue weighted by atomic mass is 9.96. The maximum Gasteiger partial charge on any atom is 0.436 e. The number of hydrogen-bond donors (Lipinski definition) is 0. The van der Waals surface area contributed by atoms with Crippen LogP contribution < -0.4 is 14.7 Å². The van der Waals surface area contributed by atoms with E-state index in [1.807, 2.05) is 0 Å². The number of alkyl halides is 8. The highest BCUT2D eigenvalue weighted by molar-refractivity contribution is 8.00. The largest absolute Gasteiger partial charge is 0.436 e. The maximum atomic E-state index is 14.7. The third-order valence-corrected chi connectivity index (χ3v) is 23.7. The van der Waals surface area contributed by atoms with Gasteiger partial charge in [0.2, 0.25) is 17.7 Å². The fourth-order valence-electron chi connectivity index (χ4n) is 12.5. The summed E-state index contributed by atoms with van der Waals surface area (Å²) in [5.74, 6) is 10.3. The molecule has 9 heterocycles. The Morgan fingerprint density at radius 2 is 0.853 bits per heavy atom. The molecule has 6 fully saturated rings. The number of piperazine rings is 3. The van der Waals surface area contributed by atoms with Crippen LogP contribution >= 0.6 is 0 Å². The zero-order valence-corrected chi connectivity index (χ0v) is 53.6. The van der Waals surface area contributed by atoms with Crippen LogP contribution in [0.15, 0.2) is 98.7 Å². The molecule has 0 saturated carbocycles. The van der Waals surface area contributed by atoms with E-state index in [-0.39, 0.29) is 105 Å². The highest BCUT2D eigenvalue weighted by Gasteiger charge is 2.44. The minimum absolute atomic E-state index is 0.0310. The van der Waals surface area contributed by atoms with E-state index in [0.717, 1.165) is 0 Å². The van der Waals surface area contributed by atoms with Crippen molar-refractivity contribution >= 4 is 81.9 Å². The lowest BCUT2D eigenvalue weighted by Crippen LogP contribution is -2.53. The summed E-state index contributed by atoms with van der Waals surface area (Å²) >= 11 is 0. The number of aromatic nitrogens is 4. The molecule has 3 unspecified atom stereocenters. The summed E-state index contributed by atoms with van der Waals surface area (Å²) in [7, 11) is -6.41. The van der Waals surface area contributed by atoms with Crippen molar-refractivity contribution in [1.82, 2.24) is 34.8 Å². The molecule has 0 spiro atoms. The van der Waals surface area contributed by atoms with Crippen molar-refractivity contribution in [2.45, 2.75) is 75.4 Å². The van der Waals surface area contributed by atoms with Gasteiger partial charge < -0.3 is 42.8 Å². The first kappa shape index (κ1) is 70.1. The van der Waals surface area contributed by atoms with Gasteiger partial charge >= 0.3 is 18.8 Å². The number of amides is 3. The standard InChI is InChI=1S/2C21H23F4N3O3S.C20H23F3N4O3S/c1-32(30)10-6-15(7-11-32)19(29)28-9-8-27(20-26-18(13-31-20)21(23,24)25)12-17(28)14-2-4-16(22)5-3-14;1-32(30)10-6-14(7-11-32)19(29)28-9-8-27(20-26-18(13-31-20)21(23,24)25)12-17(28)15-4-2-3-5-16(15)22;1-31(29)10-6-14(7-11-31)19(28)27-9-8-26(20-24-18(17(22)23)30-25-20)12-16(27)13-2-4-15(21)5-3-13/h2-5,13,15,17H,1,6-12H2;2-5,13-14,17H,1,6-12H2;2-5,14,16-17H,1,6-12H2. The molecule has 0 bridgehead atoms. The topological polar surface area (TPSA) is 213 Å². The summed E-state index contributed by atoms with van der Waals surface area (Å²) < 4.78 is 196. The first-order chi connectivity index (χ1) is 44.8. The van der Waals surface area contributed by atoms with Crippen molar-refractivity contribution in [3.63, 3.8) is 0 Å². The number of oxazole rings is 2. The van der Waals surface area contributed by atoms with Crippen LogP contribution in [0.5, 0.6) is 0 Å². The molecule has 0 radical (unpaired) electrons. The van der Waals surface area contributed by atoms with Crippen LogP contribution in [-0.2, 0) is 55.3 Å². The molecule has 12 rings (SSSR count). The lowest BCUT2D eigenvalue weighted by molar-refractivity contribution is -0.142. The molecule has 3 atom stereocenters. The molecular weight excluding hydrogens is 1330 g/mol. The molecule has 0 aliphatic carbocycles. The number of benzene rings is 3. The number of nitrogens with zero attached hydrogens (tertiary/aromatic N) is 10. The Morgan fingerprint density at radius 1 is 0.495 bits per heavy atom. The van der Waals surface area contributed by atoms with E-state index in [0.29, 0.717) is 110 Å². The monoisotopic (exact) mass is 1400 g/mol. The lowest BCUT2D eigenvalue weighted by Gasteiger charge is -2.43. The predicted octanol–water partition coefficient (Wildman–Crippen LogP) is 9.36. The van der Waals surface area contributed by atoms with Gasteiger partial charge in [-0.1, -0.05) is 42.5 Å². The number of rotatable bonds is 10. The van der Waals surface area contributed by atoms with Crippen molar-refractivity contribution in [2.24, 2.45) is 17.8 Å². The Bertz CT molecular complexity index is 4000. The number of hydrogen-bond acceptors (Lipinski definition) is 16. The molecule has 0 N–H and O–H groups in total. The average molecular weight is 1400 g/mol. The van der Waals surface area contributed by atoms with Gasteiger partial charge in [-0.3, -0.25) is 27.0 Å². The Labute approximate surface area is 541 Å². The van der Waals surface area contributed by atoms with Gasteiger partial charge in [0.05, 0.1) is 18.1 Å². The van der Waals surface area contributed by atoms with Gasteiger partial charge in [-0.15, -0.1) is 0 Å². The van der Waals surface area contributed by atoms with Crippen molar-refractivity contribution in [3.8, 4) is 0 Å². The smallest absolute Gasteiger partial charge is 0.431 e. The SMILES string of the molecule is C=S1(=O)CCC(C(=O)N2CCN(c3nc(C(F)(F)F)co3)CC2c2ccc(F)cc2)CC1.C=S1(=O)CCC(C(=O)N2CCN(c3nc(C(F)(F)F)co3)CC2c2ccccc2F)CC1.C=S1(=O)CCC(C(=O)N2CCN(c3noc(C(F)F)n3)CC2c2ccc(F)cc2)CC1. The molecule has 6 aliphatic rings. The highest BCUT2D eigenvalue weighted by Crippen LogP contribution is 2.39. The quantitative estimate of drug-likeness (QED) is 0.0923. The predicted molar refractivity (Wildman–Crippen MR) is 335 cm³/mol. The third kappa shape index (κ3) is 17.1. The summed E-state index contributed by atoms with van der Waals surface area (Å²) in [5.41, 5.74) is -0.627. The van der Waals surface area contributed by atoms with E-state index in [2.05, 4.69) is 42.2 Å². The minimum Gasteiger partial charge on any atom is -0.431 e. The van der Waals surface area contributed by atoms with E-state index in [1.165, 1.54) is 41.3 Å². The van der Waals surface area contributed by atoms with Crippen LogP contribution in [0.2, 0.25) is 0 Å². The van der Waals surface area contributed by atoms with Gasteiger partial charge in [0.25, 0.3) is 23.9 Å². The average Bonchev–Trinajstić information content (AvgIpc) is 1.68. The molecule has 6 aliphatic heterocycles. The van der Waals surface area contributed by atoms with Crippen molar-refractivity contribution in [1.29, 1.82) is 0 Å². The van der Waals surface area contributed by atoms with Crippen molar-refractivity contribution in [3.05, 3.63) is 137 Å². The summed E-state index contributed by atoms with van der Waals surface area (Å²) in [6.07, 6.45) is -8.14. The van der Waals surface area contributed by atoms with Crippen molar-refractivity contribution < 1.29 is 88.7 Å². The number of carbonyl (C=O) groups is 3. The third-order valence-electron chi connectivity index (χ3n) is 17.8. The van der Waals surface area contributed by atoms with Crippen LogP contribution in [-0.4, -0.2) is 176 Å². The van der Waals surface area contributed by atoms with Crippen LogP contribution in [0, 0.1) is 35.2 Å². The fraction of sp³-hybridized carbons (Fsp3) is 0.484. The Hall–Kier alpha value is -7.68. The van der Waals surface area contributed by atoms with Crippen LogP contribution in [0.3, 0.4) is 0 Å². The first-order valence-corrected chi connectivity index (χ1v) is 36.6. The van der Waals surface area contributed by atoms with E-state index in [9.17, 15) is 75.3 Å². The zero-order valence-electron chi connectivity index (χ0n) is 51.1. The second-order valence-corrected chi connectivity index (χ2v) is 32.6. The van der Waals surface area contributed by atoms with Gasteiger partial charge in [-0.2, -0.15) is 50.1 Å². The highest BCUT2D eigenvalue weighted by atomic mass is 32.2. The molecular formula is C62H69F11N10O9S3. The summed E-state index contributed by atoms with van der Waals surface area (Å²) in [4.78, 5) is 60.5. The van der Waals surface area contributed by atoms with E-state index in [1.54, 1.807) is 60.9 Å². The number of anilines is 3. The Balaban J connectivity index is 0.000000155. The molecule has 3 aromatic heterocycles. The Kier molecular flexibility index (Phi) is 21.1. The second kappa shape index (κ2) is 28.6. The first-order valence-electron chi connectivity index (χ1n) is 30.4. The molecule has 19 nitrogen and oxygen atoms in total. The summed E-state index contributed by atoms with van der Waals surface area (Å²) in [6.45, 7) is 1.90. The van der Waals surface area contributed by atoms with Gasteiger partial charge in [0.15, 0.2) is 11.4 Å². The van der Waals surface area contributed by atoms with Crippen LogP contribution in [0.4, 0.5) is 66.3 Å². The number of carbonyl (C=O) groups excluding carboxylic acids is 3. The maximum absolute atomic E-state index is 14.7. The van der Waals surface area contributed by atoms with Gasteiger partial charge in [0, 0.05) is 117 Å². The van der Waals surface area contributed by atoms with E-state index in [4.69, 9.17) is 8.83 Å². The van der Waals surface area contributed by atoms with Gasteiger partial charge in [-0.25, -0.2) is 13.2 Å². The molecule has 3 amide bonds. The fourth-order valence-corrected chi connectivity index (χ4v) is 17.4. The van der Waals surface area contributed by atoms with E-state index < -0.39 is 100 Å². The molecule has 516 valence electrons. The van der Waals surface area contributed by atoms with Crippen LogP contribution in [0.25, 0.3) is 0 Å². The van der Waals surface area contributed by atoms with Crippen molar-refractivity contribution in [2.75, 3.05) is 108 Å². The molecule has 3 aromatic carbocycles. The molecule has 33 heteroatoms. The summed E-state index contributed by atoms with van der Waals surface area (Å²) in [6, 6.07) is 15.4. The van der Waals surface area contributed by atoms with E-state index >= 15 is 0 Å². The second-order valence-electron chi connectivity index (χ2n) is 24.3. The normalized spacial score (nSPS) is 26.9. The molecule has 95 heavy (non-hydrogen) atoms. The minimum atomic E-state index is -4.64. The van der Waals surface area contributed by atoms with Crippen LogP contribution in [0.1, 0.15) is 97.0 Å². The van der Waals surface area contributed by atoms with Gasteiger partial charge in [0.1, 0.15) is 30.0 Å².